The highest BCUT2D eigenvalue weighted by molar-refractivity contribution is 5.29. The van der Waals surface area contributed by atoms with Crippen molar-refractivity contribution in [2.75, 3.05) is 0 Å². The lowest BCUT2D eigenvalue weighted by Gasteiger charge is -2.36. The molecule has 1 aliphatic rings. The summed E-state index contributed by atoms with van der Waals surface area (Å²) in [6.07, 6.45) is 2.13. The van der Waals surface area contributed by atoms with Gasteiger partial charge in [0.25, 0.3) is 0 Å². The molecule has 1 N–H and O–H groups in total. The Hall–Kier alpha value is -1.48. The fourth-order valence-electron chi connectivity index (χ4n) is 3.40. The molecule has 0 saturated carbocycles. The van der Waals surface area contributed by atoms with Gasteiger partial charge in [0.05, 0.1) is 6.04 Å². The first kappa shape index (κ1) is 14.5. The molecule has 0 aromatic carbocycles. The summed E-state index contributed by atoms with van der Waals surface area (Å²) in [4.78, 5) is 0. The molecule has 0 aliphatic heterocycles. The third kappa shape index (κ3) is 2.93. The SMILES string of the molecule is Cc1ccc(C(C)NC2CC(C)(C)Cc3oc(C)cc32)o1. The molecule has 3 nitrogen and oxygen atoms in total. The number of fused-ring (bicyclic) bond motifs is 1. The molecule has 2 aromatic heterocycles. The Morgan fingerprint density at radius 3 is 2.62 bits per heavy atom. The van der Waals surface area contributed by atoms with Crippen LogP contribution in [-0.2, 0) is 6.42 Å². The zero-order valence-corrected chi connectivity index (χ0v) is 13.6. The van der Waals surface area contributed by atoms with Crippen LogP contribution in [0.15, 0.2) is 27.0 Å². The molecule has 0 spiro atoms. The zero-order chi connectivity index (χ0) is 15.2. The van der Waals surface area contributed by atoms with Gasteiger partial charge in [-0.15, -0.1) is 0 Å². The second-order valence-corrected chi connectivity index (χ2v) is 7.17. The summed E-state index contributed by atoms with van der Waals surface area (Å²) in [5.74, 6) is 4.11. The third-order valence-electron chi connectivity index (χ3n) is 4.38. The van der Waals surface area contributed by atoms with Crippen LogP contribution in [0.5, 0.6) is 0 Å². The van der Waals surface area contributed by atoms with Gasteiger partial charge in [0.15, 0.2) is 0 Å². The number of rotatable bonds is 3. The Morgan fingerprint density at radius 2 is 1.95 bits per heavy atom. The average Bonchev–Trinajstić information content (AvgIpc) is 2.93. The number of hydrogen-bond donors (Lipinski definition) is 1. The Balaban J connectivity index is 1.84. The first-order valence-corrected chi connectivity index (χ1v) is 7.76. The Bertz CT molecular complexity index is 635. The smallest absolute Gasteiger partial charge is 0.120 e. The Labute approximate surface area is 126 Å². The number of furan rings is 2. The van der Waals surface area contributed by atoms with Gasteiger partial charge in [-0.2, -0.15) is 0 Å². The van der Waals surface area contributed by atoms with Gasteiger partial charge in [0.2, 0.25) is 0 Å². The number of hydrogen-bond acceptors (Lipinski definition) is 3. The average molecular weight is 287 g/mol. The van der Waals surface area contributed by atoms with E-state index in [2.05, 4.69) is 38.2 Å². The van der Waals surface area contributed by atoms with Crippen molar-refractivity contribution in [3.63, 3.8) is 0 Å². The monoisotopic (exact) mass is 287 g/mol. The van der Waals surface area contributed by atoms with Crippen molar-refractivity contribution in [1.82, 2.24) is 5.32 Å². The van der Waals surface area contributed by atoms with Crippen LogP contribution < -0.4 is 5.32 Å². The molecule has 0 bridgehead atoms. The minimum atomic E-state index is 0.195. The van der Waals surface area contributed by atoms with E-state index in [1.54, 1.807) is 0 Å². The van der Waals surface area contributed by atoms with E-state index < -0.39 is 0 Å². The maximum atomic E-state index is 5.90. The van der Waals surface area contributed by atoms with Crippen LogP contribution in [0.25, 0.3) is 0 Å². The van der Waals surface area contributed by atoms with E-state index in [1.165, 1.54) is 5.56 Å². The summed E-state index contributed by atoms with van der Waals surface area (Å²) in [6.45, 7) is 10.8. The quantitative estimate of drug-likeness (QED) is 0.876. The van der Waals surface area contributed by atoms with Crippen LogP contribution in [0, 0.1) is 19.3 Å². The van der Waals surface area contributed by atoms with E-state index in [4.69, 9.17) is 8.83 Å². The standard InChI is InChI=1S/C18H25NO2/c1-11-6-7-16(20-11)13(3)19-15-9-18(4,5)10-17-14(15)8-12(2)21-17/h6-8,13,15,19H,9-10H2,1-5H3. The summed E-state index contributed by atoms with van der Waals surface area (Å²) in [6, 6.07) is 6.78. The maximum Gasteiger partial charge on any atom is 0.120 e. The molecule has 0 amide bonds. The van der Waals surface area contributed by atoms with Gasteiger partial charge in [0.1, 0.15) is 23.0 Å². The van der Waals surface area contributed by atoms with E-state index >= 15 is 0 Å². The molecule has 1 aliphatic carbocycles. The van der Waals surface area contributed by atoms with Gasteiger partial charge in [-0.3, -0.25) is 0 Å². The van der Waals surface area contributed by atoms with E-state index in [-0.39, 0.29) is 11.5 Å². The van der Waals surface area contributed by atoms with Gasteiger partial charge in [-0.05, 0) is 50.8 Å². The predicted octanol–water partition coefficient (Wildman–Crippen LogP) is 4.85. The van der Waals surface area contributed by atoms with Crippen LogP contribution >= 0.6 is 0 Å². The van der Waals surface area contributed by atoms with Crippen LogP contribution in [0.3, 0.4) is 0 Å². The number of nitrogens with one attached hydrogen (secondary N) is 1. The maximum absolute atomic E-state index is 5.90. The van der Waals surface area contributed by atoms with Crippen molar-refractivity contribution < 1.29 is 8.83 Å². The molecule has 2 heterocycles. The van der Waals surface area contributed by atoms with Crippen molar-refractivity contribution in [1.29, 1.82) is 0 Å². The van der Waals surface area contributed by atoms with Gasteiger partial charge < -0.3 is 14.2 Å². The van der Waals surface area contributed by atoms with E-state index in [1.807, 2.05) is 19.9 Å². The molecule has 2 unspecified atom stereocenters. The summed E-state index contributed by atoms with van der Waals surface area (Å²) < 4.78 is 11.6. The Morgan fingerprint density at radius 1 is 1.19 bits per heavy atom. The van der Waals surface area contributed by atoms with Gasteiger partial charge in [-0.1, -0.05) is 13.8 Å². The van der Waals surface area contributed by atoms with Crippen LogP contribution in [0.4, 0.5) is 0 Å². The predicted molar refractivity (Wildman–Crippen MR) is 83.3 cm³/mol. The lowest BCUT2D eigenvalue weighted by atomic mass is 9.74. The van der Waals surface area contributed by atoms with Crippen molar-refractivity contribution >= 4 is 0 Å². The second kappa shape index (κ2) is 5.06. The molecule has 2 aromatic rings. The summed E-state index contributed by atoms with van der Waals surface area (Å²) in [5, 5.41) is 3.72. The minimum Gasteiger partial charge on any atom is -0.466 e. The molecule has 0 fully saturated rings. The van der Waals surface area contributed by atoms with Crippen LogP contribution in [0.1, 0.15) is 67.9 Å². The fraction of sp³-hybridized carbons (Fsp3) is 0.556. The van der Waals surface area contributed by atoms with E-state index in [0.29, 0.717) is 6.04 Å². The van der Waals surface area contributed by atoms with Gasteiger partial charge in [0, 0.05) is 18.0 Å². The highest BCUT2D eigenvalue weighted by atomic mass is 16.3. The van der Waals surface area contributed by atoms with E-state index in [9.17, 15) is 0 Å². The molecular weight excluding hydrogens is 262 g/mol. The highest BCUT2D eigenvalue weighted by Crippen LogP contribution is 2.42. The molecular formula is C18H25NO2. The van der Waals surface area contributed by atoms with Gasteiger partial charge in [-0.25, -0.2) is 0 Å². The Kier molecular flexibility index (Phi) is 3.48. The van der Waals surface area contributed by atoms with Crippen molar-refractivity contribution in [2.24, 2.45) is 5.41 Å². The number of aryl methyl sites for hydroxylation is 2. The highest BCUT2D eigenvalue weighted by Gasteiger charge is 2.35. The largest absolute Gasteiger partial charge is 0.466 e. The summed E-state index contributed by atoms with van der Waals surface area (Å²) >= 11 is 0. The van der Waals surface area contributed by atoms with Gasteiger partial charge >= 0.3 is 0 Å². The first-order valence-electron chi connectivity index (χ1n) is 7.76. The fourth-order valence-corrected chi connectivity index (χ4v) is 3.40. The van der Waals surface area contributed by atoms with E-state index in [0.717, 1.165) is 35.9 Å². The molecule has 0 saturated heterocycles. The lowest BCUT2D eigenvalue weighted by molar-refractivity contribution is 0.222. The molecule has 114 valence electrons. The molecule has 3 rings (SSSR count). The first-order chi connectivity index (χ1) is 9.84. The summed E-state index contributed by atoms with van der Waals surface area (Å²) in [7, 11) is 0. The summed E-state index contributed by atoms with van der Waals surface area (Å²) in [5.41, 5.74) is 1.58. The van der Waals surface area contributed by atoms with Crippen molar-refractivity contribution in [2.45, 2.75) is 59.5 Å². The molecule has 2 atom stereocenters. The zero-order valence-electron chi connectivity index (χ0n) is 13.6. The molecule has 0 radical (unpaired) electrons. The third-order valence-corrected chi connectivity index (χ3v) is 4.38. The van der Waals surface area contributed by atoms with Crippen LogP contribution in [0.2, 0.25) is 0 Å². The normalized spacial score (nSPS) is 22.0. The molecule has 3 heteroatoms. The van der Waals surface area contributed by atoms with Crippen molar-refractivity contribution in [3.05, 3.63) is 46.8 Å². The molecule has 21 heavy (non-hydrogen) atoms. The topological polar surface area (TPSA) is 38.3 Å². The second-order valence-electron chi connectivity index (χ2n) is 7.17. The van der Waals surface area contributed by atoms with Crippen molar-refractivity contribution in [3.8, 4) is 0 Å². The minimum absolute atomic E-state index is 0.195. The lowest BCUT2D eigenvalue weighted by Crippen LogP contribution is -2.33. The van der Waals surface area contributed by atoms with Crippen LogP contribution in [-0.4, -0.2) is 0 Å².